The number of nitrogens with one attached hydrogen (secondary N) is 29. The van der Waals surface area contributed by atoms with E-state index in [-0.39, 0.29) is 180 Å². The van der Waals surface area contributed by atoms with Gasteiger partial charge in [0, 0.05) is 88.1 Å². The zero-order valence-electron chi connectivity index (χ0n) is 72.8. The summed E-state index contributed by atoms with van der Waals surface area (Å²) in [7, 11) is 0. The number of thiol groups is 1. The van der Waals surface area contributed by atoms with Gasteiger partial charge in [0.05, 0.1) is 12.5 Å². The number of primary amides is 2. The molecule has 131 heavy (non-hydrogen) atoms. The fraction of sp³-hybridized carbons (Fsp3) is 0.581. The van der Waals surface area contributed by atoms with Crippen LogP contribution in [0, 0.1) is 43.3 Å². The Morgan fingerprint density at radius 3 is 0.878 bits per heavy atom. The molecule has 0 fully saturated rings. The number of benzene rings is 1. The van der Waals surface area contributed by atoms with E-state index in [9.17, 15) is 57.8 Å². The molecule has 2 aromatic rings. The van der Waals surface area contributed by atoms with Crippen LogP contribution in [-0.2, 0) is 78.3 Å². The lowest BCUT2D eigenvalue weighted by atomic mass is 10.0. The van der Waals surface area contributed by atoms with Crippen molar-refractivity contribution < 1.29 is 77.0 Å². The lowest BCUT2D eigenvalue weighted by Gasteiger charge is -2.29. The molecule has 0 radical (unpaired) electrons. The van der Waals surface area contributed by atoms with E-state index in [1.54, 1.807) is 30.5 Å². The van der Waals surface area contributed by atoms with Crippen LogP contribution in [0.5, 0.6) is 0 Å². The van der Waals surface area contributed by atoms with Crippen LogP contribution < -0.4 is 169 Å². The molecule has 0 aliphatic carbocycles. The predicted octanol–water partition coefficient (Wildman–Crippen LogP) is -12.9. The number of carboxylic acids is 1. The van der Waals surface area contributed by atoms with Crippen LogP contribution in [0.2, 0.25) is 0 Å². The largest absolute Gasteiger partial charge is 0.480 e. The van der Waals surface area contributed by atoms with Gasteiger partial charge in [0.25, 0.3) is 0 Å². The Hall–Kier alpha value is -14.7. The summed E-state index contributed by atoms with van der Waals surface area (Å²) in [6, 6.07) is -14.1. The van der Waals surface area contributed by atoms with Crippen molar-refractivity contribution in [1.82, 2.24) is 111 Å². The maximum Gasteiger partial charge on any atom is 0.327 e. The highest BCUT2D eigenvalue weighted by molar-refractivity contribution is 7.80. The number of amides is 14. The molecule has 1 aromatic carbocycles. The number of carbonyl (C=O) groups is 15. The van der Waals surface area contributed by atoms with Crippen LogP contribution in [-0.4, -0.2) is 283 Å². The van der Waals surface area contributed by atoms with Crippen LogP contribution in [0.15, 0.2) is 30.5 Å². The highest BCUT2D eigenvalue weighted by atomic mass is 32.1. The van der Waals surface area contributed by atoms with Gasteiger partial charge in [-0.25, -0.2) is 4.79 Å². The fourth-order valence-electron chi connectivity index (χ4n) is 12.5. The smallest absolute Gasteiger partial charge is 0.327 e. The van der Waals surface area contributed by atoms with E-state index in [1.807, 2.05) is 0 Å². The van der Waals surface area contributed by atoms with Gasteiger partial charge in [-0.05, 0) is 128 Å². The highest BCUT2D eigenvalue weighted by Crippen LogP contribution is 2.21. The zero-order chi connectivity index (χ0) is 98.4. The molecule has 1 heterocycles. The van der Waals surface area contributed by atoms with E-state index in [0.717, 1.165) is 0 Å². The number of carbonyl (C=O) groups excluding carboxylic acids is 14. The van der Waals surface area contributed by atoms with Gasteiger partial charge in [0.15, 0.2) is 47.7 Å². The molecule has 0 aliphatic rings. The molecule has 0 saturated carbocycles. The van der Waals surface area contributed by atoms with Gasteiger partial charge in [-0.2, -0.15) is 12.6 Å². The number of aromatic amines is 1. The number of para-hydroxylation sites is 1. The molecule has 0 bridgehead atoms. The van der Waals surface area contributed by atoms with Crippen molar-refractivity contribution in [2.24, 2.45) is 63.1 Å². The highest BCUT2D eigenvalue weighted by Gasteiger charge is 2.38. The minimum atomic E-state index is -2.02. The van der Waals surface area contributed by atoms with Crippen LogP contribution in [0.25, 0.3) is 10.9 Å². The molecule has 52 N–H and O–H groups in total. The van der Waals surface area contributed by atoms with Crippen LogP contribution in [0.4, 0.5) is 0 Å². The third-order valence-corrected chi connectivity index (χ3v) is 19.7. The monoisotopic (exact) mass is 1870 g/mol. The topological polar surface area (TPSA) is 1010 Å². The molecular formula is C74H132N40O16S. The average molecular weight is 1870 g/mol. The van der Waals surface area contributed by atoms with Gasteiger partial charge in [-0.3, -0.25) is 110 Å². The van der Waals surface area contributed by atoms with Gasteiger partial charge in [-0.1, -0.05) is 18.2 Å². The number of carboxylic acid groups (broad SMARTS) is 1. The Kier molecular flexibility index (Phi) is 52.2. The fourth-order valence-corrected chi connectivity index (χ4v) is 12.8. The first-order chi connectivity index (χ1) is 61.8. The second kappa shape index (κ2) is 60.9. The number of guanidine groups is 8. The molecule has 13 atom stereocenters. The Bertz CT molecular complexity index is 4270. The summed E-state index contributed by atoms with van der Waals surface area (Å²) in [5.41, 5.74) is 62.3. The average Bonchev–Trinajstić information content (AvgIpc) is 1.67. The van der Waals surface area contributed by atoms with E-state index < -0.39 is 222 Å². The van der Waals surface area contributed by atoms with E-state index in [2.05, 4.69) is 124 Å². The maximum absolute atomic E-state index is 15.1. The number of aliphatic carboxylic acids is 1. The SMILES string of the molecule is C[C@H](NC(=O)[C@H](CCC(N)=O)NC(=O)[C@@H](N)CCCNC(=N)N)C(=O)N[C@@H](CCCNC(=N)N)C(=O)N[C@@H](CCCNC(=N)N)C(=O)N[C@@H](CC(N)=O)C(=O)N[C@@H](CCCNC(=N)N)C(=O)N[C@@H](CCCNC(=N)N)C(=O)N[C@@H](CCCNC(=N)N)C(=O)N[C@@H](CCCNC(=N)N)C(=O)N[C@@H](Cc1c[nH]c2ccccc12)C(=O)N[C@@H](CCCNC(=N)N)C(=O)N[C@@H](CS)C(=O)O. The van der Waals surface area contributed by atoms with Crippen molar-refractivity contribution in [3.05, 3.63) is 36.0 Å². The van der Waals surface area contributed by atoms with E-state index >= 15 is 19.2 Å². The lowest BCUT2D eigenvalue weighted by molar-refractivity contribution is -0.141. The van der Waals surface area contributed by atoms with Crippen molar-refractivity contribution >= 4 is 160 Å². The molecule has 0 aliphatic heterocycles. The van der Waals surface area contributed by atoms with Crippen LogP contribution in [0.3, 0.4) is 0 Å². The van der Waals surface area contributed by atoms with Crippen molar-refractivity contribution in [1.29, 1.82) is 43.3 Å². The third-order valence-electron chi connectivity index (χ3n) is 19.3. The number of H-pyrrole nitrogens is 1. The van der Waals surface area contributed by atoms with E-state index in [1.165, 1.54) is 6.92 Å². The molecular weight excluding hydrogens is 1740 g/mol. The molecule has 14 amide bonds. The molecule has 0 saturated heterocycles. The number of hydrogen-bond acceptors (Lipinski definition) is 25. The van der Waals surface area contributed by atoms with Gasteiger partial charge in [-0.15, -0.1) is 0 Å². The molecule has 2 rings (SSSR count). The molecule has 56 nitrogen and oxygen atoms in total. The minimum absolute atomic E-state index is 0.0151. The third kappa shape index (κ3) is 47.6. The number of hydrogen-bond donors (Lipinski definition) is 42. The van der Waals surface area contributed by atoms with Gasteiger partial charge in [0.1, 0.15) is 72.5 Å². The number of rotatable bonds is 65. The predicted molar refractivity (Wildman–Crippen MR) is 486 cm³/mol. The summed E-state index contributed by atoms with van der Waals surface area (Å²) in [5.74, 6) is -20.2. The molecule has 1 aromatic heterocycles. The van der Waals surface area contributed by atoms with Crippen LogP contribution in [0.1, 0.15) is 134 Å². The molecule has 0 spiro atoms. The number of nitrogens with two attached hydrogens (primary N) is 11. The number of fused-ring (bicyclic) bond motifs is 1. The summed E-state index contributed by atoms with van der Waals surface area (Å²) in [6.07, 6.45) is -2.59. The normalized spacial score (nSPS) is 13.8. The summed E-state index contributed by atoms with van der Waals surface area (Å²) >= 11 is 4.04. The zero-order valence-corrected chi connectivity index (χ0v) is 73.7. The molecule has 0 unspecified atom stereocenters. The summed E-state index contributed by atoms with van der Waals surface area (Å²) in [4.78, 5) is 214. The first-order valence-corrected chi connectivity index (χ1v) is 42.4. The Balaban J connectivity index is 2.81. The van der Waals surface area contributed by atoms with E-state index in [4.69, 9.17) is 106 Å². The first kappa shape index (κ1) is 112. The summed E-state index contributed by atoms with van der Waals surface area (Å²) in [6.45, 7) is 0.847. The first-order valence-electron chi connectivity index (χ1n) is 41.8. The number of aromatic nitrogens is 1. The molecule has 730 valence electrons. The van der Waals surface area contributed by atoms with Crippen molar-refractivity contribution in [3.8, 4) is 0 Å². The second-order valence-corrected chi connectivity index (χ2v) is 30.5. The summed E-state index contributed by atoms with van der Waals surface area (Å²) in [5, 5.41) is 122. The minimum Gasteiger partial charge on any atom is -0.480 e. The Labute approximate surface area is 759 Å². The van der Waals surface area contributed by atoms with E-state index in [0.29, 0.717) is 16.5 Å². The molecule has 57 heteroatoms. The van der Waals surface area contributed by atoms with Crippen molar-refractivity contribution in [2.45, 2.75) is 214 Å². The van der Waals surface area contributed by atoms with Gasteiger partial charge in [0.2, 0.25) is 82.7 Å². The Morgan fingerprint density at radius 2 is 0.580 bits per heavy atom. The van der Waals surface area contributed by atoms with Gasteiger partial charge < -0.3 is 179 Å². The van der Waals surface area contributed by atoms with Gasteiger partial charge >= 0.3 is 5.97 Å². The summed E-state index contributed by atoms with van der Waals surface area (Å²) < 4.78 is 0. The Morgan fingerprint density at radius 1 is 0.328 bits per heavy atom. The quantitative estimate of drug-likeness (QED) is 0.0127. The van der Waals surface area contributed by atoms with Crippen molar-refractivity contribution in [3.63, 3.8) is 0 Å². The lowest BCUT2D eigenvalue weighted by Crippen LogP contribution is -2.61. The van der Waals surface area contributed by atoms with Crippen LogP contribution >= 0.6 is 12.6 Å². The maximum atomic E-state index is 15.1. The van der Waals surface area contributed by atoms with Crippen molar-refractivity contribution in [2.75, 3.05) is 58.1 Å². The second-order valence-electron chi connectivity index (χ2n) is 30.1. The standard InChI is InChI=1S/C74H132N40O16S/c1-36(103-56(119)48(22-23-52(76)115)105-55(118)39(75)13-4-24-94-67(78)79)54(117)104-41(15-5-25-95-68(80)81)57(120)108-46(20-10-30-100-73(90)91)62(125)113-50(33-53(77)116)65(128)111-44(18-8-28-98-71(86)87)60(123)107-42(16-6-26-96-69(82)83)58(121)106-43(17-7-27-97-70(84)85)59(122)109-45(19-9-29-99-72(88)89)61(124)112-49(32-37-34-102-40-14-3-2-12-38(37)40)64(127)110-47(21-11-31-101-74(92)93)63(126)114-51(35-131)66(129)130/h2-3,12,14,34,36,39,41-51,102,131H,4-11,13,15-33,35,75H2,1H3,(H2,76,115)(H2,77,116)(H,103,119)(H,104,117)(H,105,118)(H,106,121)(H,107,123)(H,108,120)(H,109,122)(H,110,127)(H,111,128)(H,112,124)(H,113,125)(H,114,126)(H,129,130)(H4,78,79,94)(H4,80,81,95)(H4,82,83,96)(H4,84,85,97)(H4,86,87,98)(H4,88,89,99)(H4,90,91,100)(H4,92,93,101)/t36-,39-,41-,42-,43-,44-,45-,46-,47-,48-,49-,50-,51-/m0/s1.